The maximum atomic E-state index is 5.58. The first-order valence-electron chi connectivity index (χ1n) is 6.37. The van der Waals surface area contributed by atoms with Gasteiger partial charge in [0.05, 0.1) is 5.69 Å². The lowest BCUT2D eigenvalue weighted by Gasteiger charge is -2.18. The average Bonchev–Trinajstić information content (AvgIpc) is 2.93. The topological polar surface area (TPSA) is 57.4 Å². The molecule has 0 saturated carbocycles. The molecule has 1 aliphatic heterocycles. The van der Waals surface area contributed by atoms with Crippen LogP contribution in [0.1, 0.15) is 16.3 Å². The van der Waals surface area contributed by atoms with Crippen LogP contribution in [0.4, 0.5) is 0 Å². The number of nitrogens with zero attached hydrogens (tertiary/aromatic N) is 1. The Kier molecular flexibility index (Phi) is 3.66. The molecule has 1 aromatic carbocycles. The normalized spacial score (nSPS) is 13.5. The number of fused-ring (bicyclic) bond motifs is 1. The zero-order valence-electron chi connectivity index (χ0n) is 10.6. The summed E-state index contributed by atoms with van der Waals surface area (Å²) in [6, 6.07) is 6.13. The summed E-state index contributed by atoms with van der Waals surface area (Å²) in [5, 5.41) is 3.08. The second-order valence-electron chi connectivity index (χ2n) is 4.41. The van der Waals surface area contributed by atoms with E-state index in [0.717, 1.165) is 35.0 Å². The van der Waals surface area contributed by atoms with E-state index in [4.69, 9.17) is 15.2 Å². The fourth-order valence-electron chi connectivity index (χ4n) is 2.07. The van der Waals surface area contributed by atoms with Crippen LogP contribution in [-0.2, 0) is 19.4 Å². The van der Waals surface area contributed by atoms with Gasteiger partial charge in [-0.15, -0.1) is 11.3 Å². The smallest absolute Gasteiger partial charge is 0.161 e. The third kappa shape index (κ3) is 2.88. The second kappa shape index (κ2) is 5.59. The number of benzene rings is 1. The molecule has 0 bridgehead atoms. The van der Waals surface area contributed by atoms with E-state index >= 15 is 0 Å². The summed E-state index contributed by atoms with van der Waals surface area (Å²) < 4.78 is 11.1. The van der Waals surface area contributed by atoms with Crippen molar-refractivity contribution in [2.24, 2.45) is 5.73 Å². The molecule has 19 heavy (non-hydrogen) atoms. The van der Waals surface area contributed by atoms with E-state index in [1.54, 1.807) is 11.3 Å². The number of aromatic nitrogens is 1. The molecular formula is C14H16N2O2S. The Bertz CT molecular complexity index is 568. The number of aryl methyl sites for hydroxylation is 2. The molecule has 3 rings (SSSR count). The lowest BCUT2D eigenvalue weighted by molar-refractivity contribution is 0.171. The number of nitrogens with two attached hydrogens (primary N) is 1. The van der Waals surface area contributed by atoms with Gasteiger partial charge in [0.15, 0.2) is 11.5 Å². The van der Waals surface area contributed by atoms with E-state index in [1.165, 1.54) is 5.56 Å². The van der Waals surface area contributed by atoms with Gasteiger partial charge in [0.1, 0.15) is 18.2 Å². The molecule has 0 aliphatic carbocycles. The average molecular weight is 276 g/mol. The van der Waals surface area contributed by atoms with Gasteiger partial charge in [-0.3, -0.25) is 0 Å². The van der Waals surface area contributed by atoms with Crippen molar-refractivity contribution >= 4 is 11.3 Å². The molecular weight excluding hydrogens is 260 g/mol. The van der Waals surface area contributed by atoms with Crippen molar-refractivity contribution in [2.75, 3.05) is 13.2 Å². The van der Waals surface area contributed by atoms with E-state index in [1.807, 2.05) is 6.07 Å². The number of hydrogen-bond donors (Lipinski definition) is 1. The van der Waals surface area contributed by atoms with E-state index in [0.29, 0.717) is 19.8 Å². The Balaban J connectivity index is 1.66. The molecule has 0 fully saturated rings. The van der Waals surface area contributed by atoms with Gasteiger partial charge in [-0.25, -0.2) is 4.98 Å². The highest BCUT2D eigenvalue weighted by Gasteiger charge is 2.11. The third-order valence-electron chi connectivity index (χ3n) is 3.05. The Hall–Kier alpha value is -1.59. The van der Waals surface area contributed by atoms with Crippen LogP contribution in [0.25, 0.3) is 0 Å². The maximum absolute atomic E-state index is 5.58. The zero-order valence-corrected chi connectivity index (χ0v) is 11.4. The molecule has 2 N–H and O–H groups in total. The van der Waals surface area contributed by atoms with Gasteiger partial charge in [-0.05, 0) is 30.5 Å². The molecule has 0 unspecified atom stereocenters. The molecule has 1 aromatic heterocycles. The molecule has 0 atom stereocenters. The summed E-state index contributed by atoms with van der Waals surface area (Å²) in [7, 11) is 0. The summed E-state index contributed by atoms with van der Waals surface area (Å²) in [4.78, 5) is 4.47. The highest BCUT2D eigenvalue weighted by molar-refractivity contribution is 7.09. The highest BCUT2D eigenvalue weighted by Crippen LogP contribution is 2.31. The molecule has 0 radical (unpaired) electrons. The van der Waals surface area contributed by atoms with Crippen LogP contribution in [0.3, 0.4) is 0 Å². The first-order valence-corrected chi connectivity index (χ1v) is 7.25. The van der Waals surface area contributed by atoms with Crippen molar-refractivity contribution in [3.05, 3.63) is 39.8 Å². The Morgan fingerprint density at radius 1 is 1.16 bits per heavy atom. The van der Waals surface area contributed by atoms with Crippen molar-refractivity contribution in [2.45, 2.75) is 19.4 Å². The number of rotatable bonds is 4. The summed E-state index contributed by atoms with van der Waals surface area (Å²) >= 11 is 1.63. The molecule has 2 aromatic rings. The van der Waals surface area contributed by atoms with Gasteiger partial charge < -0.3 is 15.2 Å². The Morgan fingerprint density at radius 3 is 2.79 bits per heavy atom. The fourth-order valence-corrected chi connectivity index (χ4v) is 2.78. The van der Waals surface area contributed by atoms with Gasteiger partial charge in [-0.2, -0.15) is 0 Å². The maximum Gasteiger partial charge on any atom is 0.161 e. The van der Waals surface area contributed by atoms with Gasteiger partial charge in [0.25, 0.3) is 0 Å². The standard InChI is InChI=1S/C14H16N2O2S/c15-8-14-16-11(9-19-14)3-1-10-2-4-12-13(7-10)18-6-5-17-12/h2,4,7,9H,1,3,5-6,8,15H2. The number of ether oxygens (including phenoxy) is 2. The largest absolute Gasteiger partial charge is 0.486 e. The van der Waals surface area contributed by atoms with Crippen LogP contribution in [0, 0.1) is 0 Å². The van der Waals surface area contributed by atoms with Gasteiger partial charge in [0, 0.05) is 11.9 Å². The minimum absolute atomic E-state index is 0.523. The van der Waals surface area contributed by atoms with Gasteiger partial charge in [-0.1, -0.05) is 6.07 Å². The van der Waals surface area contributed by atoms with Crippen molar-refractivity contribution in [3.8, 4) is 11.5 Å². The number of hydrogen-bond acceptors (Lipinski definition) is 5. The summed E-state index contributed by atoms with van der Waals surface area (Å²) in [6.45, 7) is 1.78. The summed E-state index contributed by atoms with van der Waals surface area (Å²) in [6.07, 6.45) is 1.88. The predicted octanol–water partition coefficient (Wildman–Crippen LogP) is 2.16. The van der Waals surface area contributed by atoms with E-state index in [2.05, 4.69) is 22.5 Å². The summed E-state index contributed by atoms with van der Waals surface area (Å²) in [5.41, 5.74) is 7.92. The Morgan fingerprint density at radius 2 is 2.00 bits per heavy atom. The first-order chi connectivity index (χ1) is 9.35. The predicted molar refractivity (Wildman–Crippen MR) is 74.8 cm³/mol. The zero-order chi connectivity index (χ0) is 13.1. The van der Waals surface area contributed by atoms with Crippen molar-refractivity contribution in [3.63, 3.8) is 0 Å². The SMILES string of the molecule is NCc1nc(CCc2ccc3c(c2)OCCO3)cs1. The Labute approximate surface area is 116 Å². The molecule has 4 nitrogen and oxygen atoms in total. The molecule has 0 saturated heterocycles. The van der Waals surface area contributed by atoms with E-state index in [9.17, 15) is 0 Å². The molecule has 2 heterocycles. The van der Waals surface area contributed by atoms with Crippen molar-refractivity contribution in [1.29, 1.82) is 0 Å². The quantitative estimate of drug-likeness (QED) is 0.929. The van der Waals surface area contributed by atoms with Gasteiger partial charge in [0.2, 0.25) is 0 Å². The third-order valence-corrected chi connectivity index (χ3v) is 3.97. The molecule has 100 valence electrons. The summed E-state index contributed by atoms with van der Waals surface area (Å²) in [5.74, 6) is 1.69. The van der Waals surface area contributed by atoms with Crippen molar-refractivity contribution in [1.82, 2.24) is 4.98 Å². The van der Waals surface area contributed by atoms with Crippen LogP contribution in [0.15, 0.2) is 23.6 Å². The molecule has 1 aliphatic rings. The minimum Gasteiger partial charge on any atom is -0.486 e. The van der Waals surface area contributed by atoms with Crippen LogP contribution in [-0.4, -0.2) is 18.2 Å². The first kappa shape index (κ1) is 12.4. The molecule has 0 amide bonds. The van der Waals surface area contributed by atoms with Crippen LogP contribution < -0.4 is 15.2 Å². The lowest BCUT2D eigenvalue weighted by atomic mass is 10.1. The van der Waals surface area contributed by atoms with Gasteiger partial charge >= 0.3 is 0 Å². The highest BCUT2D eigenvalue weighted by atomic mass is 32.1. The number of thiazole rings is 1. The molecule has 0 spiro atoms. The van der Waals surface area contributed by atoms with Crippen LogP contribution in [0.5, 0.6) is 11.5 Å². The second-order valence-corrected chi connectivity index (χ2v) is 5.36. The van der Waals surface area contributed by atoms with Crippen LogP contribution >= 0.6 is 11.3 Å². The van der Waals surface area contributed by atoms with E-state index in [-0.39, 0.29) is 0 Å². The monoisotopic (exact) mass is 276 g/mol. The van der Waals surface area contributed by atoms with Crippen LogP contribution in [0.2, 0.25) is 0 Å². The fraction of sp³-hybridized carbons (Fsp3) is 0.357. The van der Waals surface area contributed by atoms with E-state index < -0.39 is 0 Å². The lowest BCUT2D eigenvalue weighted by Crippen LogP contribution is -2.15. The van der Waals surface area contributed by atoms with Crippen molar-refractivity contribution < 1.29 is 9.47 Å². The molecule has 5 heteroatoms. The minimum atomic E-state index is 0.523.